The van der Waals surface area contributed by atoms with Crippen molar-refractivity contribution in [1.29, 1.82) is 0 Å². The molecule has 0 heterocycles. The molecule has 28 heavy (non-hydrogen) atoms. The van der Waals surface area contributed by atoms with E-state index >= 15 is 0 Å². The first kappa shape index (κ1) is 22.2. The third-order valence-electron chi connectivity index (χ3n) is 3.99. The SMILES string of the molecule is CC(C(=O)O)c1ccc(O)c(N)c1.CC(C(=O)O)c1ccc(O)c([N+](=O)[O-])c1. The summed E-state index contributed by atoms with van der Waals surface area (Å²) in [5.41, 5.74) is 6.00. The fourth-order valence-corrected chi connectivity index (χ4v) is 2.08. The summed E-state index contributed by atoms with van der Waals surface area (Å²) in [5, 5.41) is 46.1. The van der Waals surface area contributed by atoms with Gasteiger partial charge in [-0.1, -0.05) is 12.1 Å². The number of benzene rings is 2. The van der Waals surface area contributed by atoms with Gasteiger partial charge < -0.3 is 26.2 Å². The number of carboxylic acids is 2. The van der Waals surface area contributed by atoms with Crippen LogP contribution in [0.25, 0.3) is 0 Å². The van der Waals surface area contributed by atoms with Crippen LogP contribution in [0.5, 0.6) is 11.5 Å². The largest absolute Gasteiger partial charge is 0.506 e. The van der Waals surface area contributed by atoms with Crippen LogP contribution in [0.2, 0.25) is 0 Å². The summed E-state index contributed by atoms with van der Waals surface area (Å²) in [5.74, 6) is -3.94. The molecule has 2 unspecified atom stereocenters. The number of nitro benzene ring substituents is 1. The highest BCUT2D eigenvalue weighted by Gasteiger charge is 2.19. The summed E-state index contributed by atoms with van der Waals surface area (Å²) in [6.07, 6.45) is 0. The average Bonchev–Trinajstić information content (AvgIpc) is 2.63. The Labute approximate surface area is 159 Å². The minimum Gasteiger partial charge on any atom is -0.506 e. The molecule has 2 aromatic carbocycles. The van der Waals surface area contributed by atoms with Gasteiger partial charge in [0.15, 0.2) is 5.75 Å². The van der Waals surface area contributed by atoms with Gasteiger partial charge in [-0.05, 0) is 43.2 Å². The normalized spacial score (nSPS) is 12.2. The number of nitro groups is 1. The minimum atomic E-state index is -1.07. The van der Waals surface area contributed by atoms with Gasteiger partial charge in [-0.25, -0.2) is 0 Å². The Hall–Kier alpha value is -3.82. The number of anilines is 1. The molecule has 10 nitrogen and oxygen atoms in total. The Kier molecular flexibility index (Phi) is 7.31. The predicted molar refractivity (Wildman–Crippen MR) is 99.4 cm³/mol. The minimum absolute atomic E-state index is 0.0265. The molecule has 0 aliphatic rings. The number of hydrogen-bond acceptors (Lipinski definition) is 7. The third-order valence-corrected chi connectivity index (χ3v) is 3.99. The molecule has 0 amide bonds. The number of nitrogen functional groups attached to an aromatic ring is 1. The number of rotatable bonds is 5. The molecule has 0 fully saturated rings. The Balaban J connectivity index is 0.000000283. The second-order valence-electron chi connectivity index (χ2n) is 5.94. The molecule has 0 saturated carbocycles. The van der Waals surface area contributed by atoms with E-state index in [-0.39, 0.29) is 17.0 Å². The predicted octanol–water partition coefficient (Wildman–Crippen LogP) is 2.65. The van der Waals surface area contributed by atoms with Crippen molar-refractivity contribution in [3.05, 3.63) is 57.6 Å². The molecule has 0 bridgehead atoms. The number of aromatic hydroxyl groups is 2. The van der Waals surface area contributed by atoms with Crippen molar-refractivity contribution < 1.29 is 34.9 Å². The topological polar surface area (TPSA) is 184 Å². The van der Waals surface area contributed by atoms with E-state index in [0.29, 0.717) is 5.56 Å². The summed E-state index contributed by atoms with van der Waals surface area (Å²) in [6.45, 7) is 2.98. The number of nitrogens with zero attached hydrogens (tertiary/aromatic N) is 1. The number of phenols is 2. The van der Waals surface area contributed by atoms with Crippen LogP contribution in [0.4, 0.5) is 11.4 Å². The van der Waals surface area contributed by atoms with E-state index in [2.05, 4.69) is 0 Å². The second-order valence-corrected chi connectivity index (χ2v) is 5.94. The molecule has 0 aliphatic heterocycles. The Bertz CT molecular complexity index is 897. The number of hydrogen-bond donors (Lipinski definition) is 5. The van der Waals surface area contributed by atoms with Crippen LogP contribution in [0, 0.1) is 10.1 Å². The first-order valence-corrected chi connectivity index (χ1v) is 7.97. The van der Waals surface area contributed by atoms with Crippen molar-refractivity contribution in [1.82, 2.24) is 0 Å². The standard InChI is InChI=1S/C9H9NO5.C9H11NO3/c1-5(9(12)13)6-2-3-8(11)7(4-6)10(14)15;1-5(9(12)13)6-2-3-8(11)7(10)4-6/h2-5,11H,1H3,(H,12,13);2-5,11H,10H2,1H3,(H,12,13). The van der Waals surface area contributed by atoms with Crippen LogP contribution in [-0.4, -0.2) is 37.3 Å². The van der Waals surface area contributed by atoms with Gasteiger partial charge in [-0.15, -0.1) is 0 Å². The summed E-state index contributed by atoms with van der Waals surface area (Å²) in [4.78, 5) is 30.9. The maximum absolute atomic E-state index is 10.6. The fraction of sp³-hybridized carbons (Fsp3) is 0.222. The number of aliphatic carboxylic acids is 2. The highest BCUT2D eigenvalue weighted by Crippen LogP contribution is 2.29. The van der Waals surface area contributed by atoms with Crippen molar-refractivity contribution in [2.45, 2.75) is 25.7 Å². The zero-order chi connectivity index (χ0) is 21.6. The van der Waals surface area contributed by atoms with Crippen LogP contribution < -0.4 is 5.73 Å². The third kappa shape index (κ3) is 5.59. The second kappa shape index (κ2) is 9.21. The molecule has 2 rings (SSSR count). The van der Waals surface area contributed by atoms with Crippen LogP contribution in [0.15, 0.2) is 36.4 Å². The van der Waals surface area contributed by atoms with E-state index in [0.717, 1.165) is 12.1 Å². The number of nitrogens with two attached hydrogens (primary N) is 1. The molecule has 0 saturated heterocycles. The van der Waals surface area contributed by atoms with Gasteiger partial charge in [0.2, 0.25) is 0 Å². The molecule has 6 N–H and O–H groups in total. The van der Waals surface area contributed by atoms with E-state index in [1.807, 2.05) is 0 Å². The lowest BCUT2D eigenvalue weighted by Crippen LogP contribution is -2.07. The quantitative estimate of drug-likeness (QED) is 0.221. The van der Waals surface area contributed by atoms with Crippen molar-refractivity contribution in [2.75, 3.05) is 5.73 Å². The highest BCUT2D eigenvalue weighted by atomic mass is 16.6. The molecular weight excluding hydrogens is 372 g/mol. The molecule has 10 heteroatoms. The number of phenolic OH excluding ortho intramolecular Hbond substituents is 2. The van der Waals surface area contributed by atoms with Crippen molar-refractivity contribution in [2.24, 2.45) is 0 Å². The average molecular weight is 392 g/mol. The van der Waals surface area contributed by atoms with E-state index in [1.54, 1.807) is 13.0 Å². The van der Waals surface area contributed by atoms with E-state index in [1.165, 1.54) is 25.1 Å². The van der Waals surface area contributed by atoms with Crippen LogP contribution in [-0.2, 0) is 9.59 Å². The fourth-order valence-electron chi connectivity index (χ4n) is 2.08. The maximum atomic E-state index is 10.6. The van der Waals surface area contributed by atoms with Gasteiger partial charge in [0.05, 0.1) is 22.4 Å². The molecule has 0 aliphatic carbocycles. The number of carboxylic acid groups (broad SMARTS) is 2. The summed E-state index contributed by atoms with van der Waals surface area (Å²) in [7, 11) is 0. The lowest BCUT2D eigenvalue weighted by Gasteiger charge is -2.07. The van der Waals surface area contributed by atoms with E-state index in [4.69, 9.17) is 26.2 Å². The molecular formula is C18H20N2O8. The molecule has 2 aromatic rings. The lowest BCUT2D eigenvalue weighted by molar-refractivity contribution is -0.385. The maximum Gasteiger partial charge on any atom is 0.310 e. The number of carbonyl (C=O) groups is 2. The lowest BCUT2D eigenvalue weighted by atomic mass is 10.0. The van der Waals surface area contributed by atoms with Gasteiger partial charge in [0, 0.05) is 6.07 Å². The first-order valence-electron chi connectivity index (χ1n) is 7.97. The van der Waals surface area contributed by atoms with Crippen LogP contribution in [0.1, 0.15) is 36.8 Å². The molecule has 0 aromatic heterocycles. The van der Waals surface area contributed by atoms with Crippen LogP contribution >= 0.6 is 0 Å². The van der Waals surface area contributed by atoms with E-state index in [9.17, 15) is 19.7 Å². The molecule has 150 valence electrons. The van der Waals surface area contributed by atoms with Crippen molar-refractivity contribution in [3.8, 4) is 11.5 Å². The van der Waals surface area contributed by atoms with Crippen LogP contribution in [0.3, 0.4) is 0 Å². The van der Waals surface area contributed by atoms with Crippen molar-refractivity contribution >= 4 is 23.3 Å². The smallest absolute Gasteiger partial charge is 0.310 e. The molecule has 0 radical (unpaired) electrons. The summed E-state index contributed by atoms with van der Waals surface area (Å²) >= 11 is 0. The van der Waals surface area contributed by atoms with Gasteiger partial charge in [0.1, 0.15) is 5.75 Å². The molecule has 0 spiro atoms. The van der Waals surface area contributed by atoms with Gasteiger partial charge in [-0.2, -0.15) is 0 Å². The zero-order valence-corrected chi connectivity index (χ0v) is 15.1. The molecule has 2 atom stereocenters. The Morgan fingerprint density at radius 1 is 0.929 bits per heavy atom. The van der Waals surface area contributed by atoms with Gasteiger partial charge in [0.25, 0.3) is 0 Å². The summed E-state index contributed by atoms with van der Waals surface area (Å²) in [6, 6.07) is 7.94. The van der Waals surface area contributed by atoms with E-state index < -0.39 is 40.1 Å². The highest BCUT2D eigenvalue weighted by molar-refractivity contribution is 5.76. The van der Waals surface area contributed by atoms with Gasteiger partial charge >= 0.3 is 17.6 Å². The summed E-state index contributed by atoms with van der Waals surface area (Å²) < 4.78 is 0. The monoisotopic (exact) mass is 392 g/mol. The Morgan fingerprint density at radius 3 is 1.75 bits per heavy atom. The first-order chi connectivity index (χ1) is 13.0. The zero-order valence-electron chi connectivity index (χ0n) is 15.1. The Morgan fingerprint density at radius 2 is 1.36 bits per heavy atom. The van der Waals surface area contributed by atoms with Gasteiger partial charge in [-0.3, -0.25) is 19.7 Å². The van der Waals surface area contributed by atoms with Crippen molar-refractivity contribution in [3.63, 3.8) is 0 Å².